The quantitative estimate of drug-likeness (QED) is 0.749. The standard InChI is InChI=1S/C10H20NO3PS/c1-10(2,3)14-9(13)11-6-4-7(12)8(5-6)16-15/h6-8,12H,4-5,15H2,1-3H3,(H,11,13)/t6-,7+,8+/m1/s1. The summed E-state index contributed by atoms with van der Waals surface area (Å²) >= 11 is 1.56. The molecule has 2 N–H and O–H groups in total. The minimum atomic E-state index is -0.476. The lowest BCUT2D eigenvalue weighted by Gasteiger charge is -2.21. The molecule has 0 saturated heterocycles. The van der Waals surface area contributed by atoms with Crippen LogP contribution in [0.5, 0.6) is 0 Å². The van der Waals surface area contributed by atoms with Crippen LogP contribution in [-0.4, -0.2) is 34.2 Å². The van der Waals surface area contributed by atoms with Gasteiger partial charge >= 0.3 is 6.09 Å². The van der Waals surface area contributed by atoms with Crippen LogP contribution < -0.4 is 5.32 Å². The van der Waals surface area contributed by atoms with Crippen molar-refractivity contribution < 1.29 is 14.6 Å². The Balaban J connectivity index is 2.36. The zero-order valence-corrected chi connectivity index (χ0v) is 11.9. The van der Waals surface area contributed by atoms with Crippen LogP contribution in [0.2, 0.25) is 0 Å². The molecule has 4 atom stereocenters. The SMILES string of the molecule is CC(C)(C)OC(=O)N[C@H]1C[C@H](SP)[C@@H](O)C1. The lowest BCUT2D eigenvalue weighted by molar-refractivity contribution is 0.0502. The summed E-state index contributed by atoms with van der Waals surface area (Å²) in [7, 11) is 2.55. The van der Waals surface area contributed by atoms with Crippen molar-refractivity contribution in [2.75, 3.05) is 0 Å². The van der Waals surface area contributed by atoms with Gasteiger partial charge in [0, 0.05) is 11.3 Å². The first-order chi connectivity index (χ1) is 7.31. The zero-order valence-electron chi connectivity index (χ0n) is 9.90. The highest BCUT2D eigenvalue weighted by Gasteiger charge is 2.34. The molecule has 94 valence electrons. The Morgan fingerprint density at radius 2 is 2.12 bits per heavy atom. The first kappa shape index (κ1) is 14.1. The third-order valence-electron chi connectivity index (χ3n) is 2.37. The summed E-state index contributed by atoms with van der Waals surface area (Å²) in [5, 5.41) is 12.7. The molecule has 1 unspecified atom stereocenters. The average molecular weight is 265 g/mol. The van der Waals surface area contributed by atoms with Crippen molar-refractivity contribution in [2.45, 2.75) is 56.6 Å². The van der Waals surface area contributed by atoms with Crippen LogP contribution in [0, 0.1) is 0 Å². The Hall–Kier alpha value is 0.01000. The van der Waals surface area contributed by atoms with Crippen LogP contribution in [0.4, 0.5) is 4.79 Å². The van der Waals surface area contributed by atoms with Crippen LogP contribution in [0.25, 0.3) is 0 Å². The van der Waals surface area contributed by atoms with Crippen LogP contribution in [0.15, 0.2) is 0 Å². The molecule has 0 heterocycles. The number of amides is 1. The maximum absolute atomic E-state index is 11.5. The molecule has 0 aliphatic heterocycles. The molecule has 0 spiro atoms. The van der Waals surface area contributed by atoms with E-state index in [1.807, 2.05) is 20.8 Å². The van der Waals surface area contributed by atoms with E-state index in [1.54, 1.807) is 11.4 Å². The predicted molar refractivity (Wildman–Crippen MR) is 69.5 cm³/mol. The van der Waals surface area contributed by atoms with Crippen molar-refractivity contribution in [3.63, 3.8) is 0 Å². The molecule has 1 saturated carbocycles. The second-order valence-electron chi connectivity index (χ2n) is 5.06. The van der Waals surface area contributed by atoms with Gasteiger partial charge in [0.05, 0.1) is 6.10 Å². The first-order valence-corrected chi connectivity index (χ1v) is 7.70. The largest absolute Gasteiger partial charge is 0.444 e. The van der Waals surface area contributed by atoms with E-state index in [0.717, 1.165) is 6.42 Å². The molecule has 0 bridgehead atoms. The number of nitrogens with one attached hydrogen (secondary N) is 1. The second-order valence-corrected chi connectivity index (χ2v) is 6.75. The third-order valence-corrected chi connectivity index (χ3v) is 4.27. The van der Waals surface area contributed by atoms with Gasteiger partial charge in [-0.15, -0.1) is 11.4 Å². The highest BCUT2D eigenvalue weighted by molar-refractivity contribution is 8.44. The van der Waals surface area contributed by atoms with Gasteiger partial charge in [-0.1, -0.05) is 8.44 Å². The fourth-order valence-electron chi connectivity index (χ4n) is 1.72. The average Bonchev–Trinajstić information content (AvgIpc) is 2.42. The number of carbonyl (C=O) groups is 1. The number of hydrogen-bond donors (Lipinski definition) is 2. The molecule has 1 aliphatic carbocycles. The van der Waals surface area contributed by atoms with E-state index < -0.39 is 11.7 Å². The van der Waals surface area contributed by atoms with Gasteiger partial charge in [-0.3, -0.25) is 0 Å². The smallest absolute Gasteiger partial charge is 0.407 e. The van der Waals surface area contributed by atoms with Gasteiger partial charge in [0.25, 0.3) is 0 Å². The minimum Gasteiger partial charge on any atom is -0.444 e. The zero-order chi connectivity index (χ0) is 12.3. The van der Waals surface area contributed by atoms with Gasteiger partial charge in [0.2, 0.25) is 0 Å². The van der Waals surface area contributed by atoms with Gasteiger partial charge in [-0.05, 0) is 33.6 Å². The molecule has 6 heteroatoms. The van der Waals surface area contributed by atoms with Crippen molar-refractivity contribution in [1.29, 1.82) is 0 Å². The maximum Gasteiger partial charge on any atom is 0.407 e. The molecule has 1 aliphatic rings. The molecule has 1 rings (SSSR count). The van der Waals surface area contributed by atoms with Gasteiger partial charge < -0.3 is 15.2 Å². The van der Waals surface area contributed by atoms with Crippen LogP contribution in [0.3, 0.4) is 0 Å². The van der Waals surface area contributed by atoms with E-state index in [0.29, 0.717) is 6.42 Å². The Morgan fingerprint density at radius 1 is 1.50 bits per heavy atom. The Kier molecular flexibility index (Phi) is 4.89. The van der Waals surface area contributed by atoms with E-state index in [9.17, 15) is 9.90 Å². The Labute approximate surface area is 103 Å². The van der Waals surface area contributed by atoms with Crippen molar-refractivity contribution >= 4 is 25.9 Å². The number of rotatable bonds is 2. The molecule has 0 aromatic carbocycles. The molecular formula is C10H20NO3PS. The molecule has 0 aromatic heterocycles. The topological polar surface area (TPSA) is 58.6 Å². The second kappa shape index (κ2) is 5.56. The summed E-state index contributed by atoms with van der Waals surface area (Å²) in [6.07, 6.45) is 0.640. The maximum atomic E-state index is 11.5. The molecule has 0 aromatic rings. The number of carbonyl (C=O) groups excluding carboxylic acids is 1. The van der Waals surface area contributed by atoms with Crippen LogP contribution in [0.1, 0.15) is 33.6 Å². The van der Waals surface area contributed by atoms with Gasteiger partial charge in [0.1, 0.15) is 5.60 Å². The number of hydrogen-bond acceptors (Lipinski definition) is 4. The van der Waals surface area contributed by atoms with E-state index in [2.05, 4.69) is 13.8 Å². The lowest BCUT2D eigenvalue weighted by atomic mass is 10.2. The molecule has 1 fully saturated rings. The highest BCUT2D eigenvalue weighted by Crippen LogP contribution is 2.34. The monoisotopic (exact) mass is 265 g/mol. The normalized spacial score (nSPS) is 30.2. The molecule has 16 heavy (non-hydrogen) atoms. The molecule has 1 amide bonds. The molecule has 4 nitrogen and oxygen atoms in total. The molecular weight excluding hydrogens is 245 g/mol. The summed E-state index contributed by atoms with van der Waals surface area (Å²) in [5.41, 5.74) is -0.476. The lowest BCUT2D eigenvalue weighted by Crippen LogP contribution is -2.38. The van der Waals surface area contributed by atoms with Crippen molar-refractivity contribution in [2.24, 2.45) is 0 Å². The number of aliphatic hydroxyl groups is 1. The highest BCUT2D eigenvalue weighted by atomic mass is 32.7. The Morgan fingerprint density at radius 3 is 2.56 bits per heavy atom. The summed E-state index contributed by atoms with van der Waals surface area (Å²) in [5.74, 6) is 0. The summed E-state index contributed by atoms with van der Waals surface area (Å²) in [6, 6.07) is 0.0166. The van der Waals surface area contributed by atoms with Crippen molar-refractivity contribution in [3.8, 4) is 0 Å². The minimum absolute atomic E-state index is 0.0166. The van der Waals surface area contributed by atoms with Gasteiger partial charge in [-0.2, -0.15) is 0 Å². The fourth-order valence-corrected chi connectivity index (χ4v) is 3.23. The first-order valence-electron chi connectivity index (χ1n) is 5.35. The van der Waals surface area contributed by atoms with E-state index in [-0.39, 0.29) is 17.4 Å². The van der Waals surface area contributed by atoms with Gasteiger partial charge in [-0.25, -0.2) is 4.79 Å². The Bertz CT molecular complexity index is 257. The number of ether oxygens (including phenoxy) is 1. The van der Waals surface area contributed by atoms with Crippen molar-refractivity contribution in [3.05, 3.63) is 0 Å². The van der Waals surface area contributed by atoms with Crippen molar-refractivity contribution in [1.82, 2.24) is 5.32 Å². The van der Waals surface area contributed by atoms with Crippen LogP contribution in [-0.2, 0) is 4.74 Å². The summed E-state index contributed by atoms with van der Waals surface area (Å²) < 4.78 is 5.16. The summed E-state index contributed by atoms with van der Waals surface area (Å²) in [6.45, 7) is 5.49. The third kappa shape index (κ3) is 4.48. The number of alkyl carbamates (subject to hydrolysis) is 1. The fraction of sp³-hybridized carbons (Fsp3) is 0.900. The predicted octanol–water partition coefficient (Wildman–Crippen LogP) is 1.93. The van der Waals surface area contributed by atoms with E-state index >= 15 is 0 Å². The van der Waals surface area contributed by atoms with E-state index in [4.69, 9.17) is 4.74 Å². The van der Waals surface area contributed by atoms with Crippen LogP contribution >= 0.6 is 19.8 Å². The van der Waals surface area contributed by atoms with Gasteiger partial charge in [0.15, 0.2) is 0 Å². The summed E-state index contributed by atoms with van der Waals surface area (Å²) in [4.78, 5) is 11.5. The molecule has 0 radical (unpaired) electrons. The number of aliphatic hydroxyl groups excluding tert-OH is 1. The van der Waals surface area contributed by atoms with E-state index in [1.165, 1.54) is 0 Å².